The second-order valence-electron chi connectivity index (χ2n) is 5.70. The van der Waals surface area contributed by atoms with E-state index < -0.39 is 10.6 Å². The van der Waals surface area contributed by atoms with Crippen LogP contribution >= 0.6 is 15.9 Å². The van der Waals surface area contributed by atoms with Crippen molar-refractivity contribution in [2.75, 3.05) is 0 Å². The molecule has 2 aliphatic rings. The van der Waals surface area contributed by atoms with Crippen LogP contribution < -0.4 is 4.74 Å². The summed E-state index contributed by atoms with van der Waals surface area (Å²) in [4.78, 5) is 26.4. The first-order valence-corrected chi connectivity index (χ1v) is 8.27. The monoisotopic (exact) mass is 351 g/mol. The SMILES string of the molecule is C[C@@H](Br)C(=O)N1C(=O)c2ccccc2OC12CCCCC2. The summed E-state index contributed by atoms with van der Waals surface area (Å²) in [6.07, 6.45) is 4.47. The molecule has 4 nitrogen and oxygen atoms in total. The third-order valence-corrected chi connectivity index (χ3v) is 4.62. The zero-order valence-corrected chi connectivity index (χ0v) is 13.6. The molecule has 0 N–H and O–H groups in total. The number of halogens is 1. The van der Waals surface area contributed by atoms with Crippen LogP contribution in [0.5, 0.6) is 5.75 Å². The van der Waals surface area contributed by atoms with Gasteiger partial charge >= 0.3 is 0 Å². The number of fused-ring (bicyclic) bond motifs is 1. The van der Waals surface area contributed by atoms with Gasteiger partial charge in [-0.2, -0.15) is 0 Å². The average Bonchev–Trinajstić information content (AvgIpc) is 2.48. The number of benzene rings is 1. The van der Waals surface area contributed by atoms with Crippen molar-refractivity contribution < 1.29 is 14.3 Å². The van der Waals surface area contributed by atoms with Gasteiger partial charge in [0.2, 0.25) is 5.91 Å². The molecule has 1 aliphatic heterocycles. The summed E-state index contributed by atoms with van der Waals surface area (Å²) in [6, 6.07) is 7.17. The molecule has 1 saturated carbocycles. The Morgan fingerprint density at radius 1 is 1.29 bits per heavy atom. The van der Waals surface area contributed by atoms with E-state index in [1.54, 1.807) is 19.1 Å². The van der Waals surface area contributed by atoms with Crippen LogP contribution in [0.25, 0.3) is 0 Å². The number of carbonyl (C=O) groups is 2. The van der Waals surface area contributed by atoms with Crippen molar-refractivity contribution >= 4 is 27.7 Å². The molecule has 1 heterocycles. The Morgan fingerprint density at radius 3 is 2.62 bits per heavy atom. The number of rotatable bonds is 1. The van der Waals surface area contributed by atoms with Crippen molar-refractivity contribution in [3.05, 3.63) is 29.8 Å². The van der Waals surface area contributed by atoms with Crippen molar-refractivity contribution in [3.8, 4) is 5.75 Å². The highest BCUT2D eigenvalue weighted by atomic mass is 79.9. The Kier molecular flexibility index (Phi) is 3.78. The summed E-state index contributed by atoms with van der Waals surface area (Å²) in [5.74, 6) is 0.127. The molecule has 0 aromatic heterocycles. The molecule has 112 valence electrons. The van der Waals surface area contributed by atoms with Gasteiger partial charge in [0.25, 0.3) is 5.91 Å². The van der Waals surface area contributed by atoms with Gasteiger partial charge < -0.3 is 4.74 Å². The predicted molar refractivity (Wildman–Crippen MR) is 82.5 cm³/mol. The molecule has 1 aromatic carbocycles. The minimum Gasteiger partial charge on any atom is -0.467 e. The van der Waals surface area contributed by atoms with Crippen LogP contribution in [0.3, 0.4) is 0 Å². The number of amides is 2. The lowest BCUT2D eigenvalue weighted by Crippen LogP contribution is -2.62. The van der Waals surface area contributed by atoms with Gasteiger partial charge in [-0.1, -0.05) is 34.5 Å². The largest absolute Gasteiger partial charge is 0.467 e. The van der Waals surface area contributed by atoms with Crippen LogP contribution in [0, 0.1) is 0 Å². The van der Waals surface area contributed by atoms with Crippen molar-refractivity contribution in [1.29, 1.82) is 0 Å². The van der Waals surface area contributed by atoms with Crippen LogP contribution in [0.4, 0.5) is 0 Å². The zero-order chi connectivity index (χ0) is 15.0. The van der Waals surface area contributed by atoms with Crippen molar-refractivity contribution in [1.82, 2.24) is 4.90 Å². The fourth-order valence-electron chi connectivity index (χ4n) is 3.20. The molecule has 3 rings (SSSR count). The number of para-hydroxylation sites is 1. The predicted octanol–water partition coefficient (Wildman–Crippen LogP) is 3.49. The zero-order valence-electron chi connectivity index (χ0n) is 12.0. The summed E-state index contributed by atoms with van der Waals surface area (Å²) >= 11 is 3.29. The fraction of sp³-hybridized carbons (Fsp3) is 0.500. The maximum atomic E-state index is 12.8. The van der Waals surface area contributed by atoms with E-state index in [1.807, 2.05) is 12.1 Å². The normalized spacial score (nSPS) is 21.6. The van der Waals surface area contributed by atoms with Crippen molar-refractivity contribution in [2.24, 2.45) is 0 Å². The first kappa shape index (κ1) is 14.6. The molecule has 0 radical (unpaired) electrons. The summed E-state index contributed by atoms with van der Waals surface area (Å²) < 4.78 is 6.18. The lowest BCUT2D eigenvalue weighted by Gasteiger charge is -2.48. The number of carbonyl (C=O) groups excluding carboxylic acids is 2. The molecule has 0 unspecified atom stereocenters. The molecule has 21 heavy (non-hydrogen) atoms. The lowest BCUT2D eigenvalue weighted by atomic mass is 9.88. The molecular weight excluding hydrogens is 334 g/mol. The highest BCUT2D eigenvalue weighted by molar-refractivity contribution is 9.10. The highest BCUT2D eigenvalue weighted by Crippen LogP contribution is 2.42. The Labute approximate surface area is 132 Å². The van der Waals surface area contributed by atoms with E-state index in [0.29, 0.717) is 24.2 Å². The van der Waals surface area contributed by atoms with Crippen LogP contribution in [0.15, 0.2) is 24.3 Å². The number of hydrogen-bond acceptors (Lipinski definition) is 3. The van der Waals surface area contributed by atoms with E-state index in [9.17, 15) is 9.59 Å². The van der Waals surface area contributed by atoms with E-state index in [4.69, 9.17) is 4.74 Å². The van der Waals surface area contributed by atoms with E-state index in [1.165, 1.54) is 4.90 Å². The molecule has 0 bridgehead atoms. The van der Waals surface area contributed by atoms with E-state index in [2.05, 4.69) is 15.9 Å². The van der Waals surface area contributed by atoms with Gasteiger partial charge in [-0.3, -0.25) is 9.59 Å². The molecular formula is C16H18BrNO3. The second kappa shape index (κ2) is 5.44. The minimum atomic E-state index is -0.803. The highest BCUT2D eigenvalue weighted by Gasteiger charge is 2.51. The van der Waals surface area contributed by atoms with Gasteiger partial charge in [0, 0.05) is 12.8 Å². The number of alkyl halides is 1. The van der Waals surface area contributed by atoms with Crippen LogP contribution in [0.1, 0.15) is 49.4 Å². The van der Waals surface area contributed by atoms with Gasteiger partial charge in [0.1, 0.15) is 5.75 Å². The maximum absolute atomic E-state index is 12.8. The first-order valence-electron chi connectivity index (χ1n) is 7.36. The number of nitrogens with zero attached hydrogens (tertiary/aromatic N) is 1. The Balaban J connectivity index is 2.09. The number of imide groups is 1. The van der Waals surface area contributed by atoms with E-state index in [0.717, 1.165) is 19.3 Å². The second-order valence-corrected chi connectivity index (χ2v) is 7.07. The molecule has 1 spiro atoms. The lowest BCUT2D eigenvalue weighted by molar-refractivity contribution is -0.152. The third kappa shape index (κ3) is 2.37. The van der Waals surface area contributed by atoms with Crippen molar-refractivity contribution in [2.45, 2.75) is 49.6 Å². The van der Waals surface area contributed by atoms with Gasteiger partial charge in [-0.25, -0.2) is 4.90 Å². The van der Waals surface area contributed by atoms with Gasteiger partial charge in [-0.05, 0) is 31.9 Å². The fourth-order valence-corrected chi connectivity index (χ4v) is 3.40. The van der Waals surface area contributed by atoms with E-state index in [-0.39, 0.29) is 11.8 Å². The minimum absolute atomic E-state index is 0.226. The molecule has 5 heteroatoms. The van der Waals surface area contributed by atoms with Crippen LogP contribution in [-0.4, -0.2) is 27.3 Å². The molecule has 1 aliphatic carbocycles. The summed E-state index contributed by atoms with van der Waals surface area (Å²) in [5, 5.41) is 0. The van der Waals surface area contributed by atoms with Gasteiger partial charge in [0.05, 0.1) is 10.4 Å². The quantitative estimate of drug-likeness (QED) is 0.727. The van der Waals surface area contributed by atoms with Crippen LogP contribution in [-0.2, 0) is 4.79 Å². The van der Waals surface area contributed by atoms with Crippen LogP contribution in [0.2, 0.25) is 0 Å². The summed E-state index contributed by atoms with van der Waals surface area (Å²) in [7, 11) is 0. The smallest absolute Gasteiger partial charge is 0.267 e. The average molecular weight is 352 g/mol. The van der Waals surface area contributed by atoms with Crippen molar-refractivity contribution in [3.63, 3.8) is 0 Å². The molecule has 1 aromatic rings. The van der Waals surface area contributed by atoms with Gasteiger partial charge in [-0.15, -0.1) is 0 Å². The summed E-state index contributed by atoms with van der Waals surface area (Å²) in [6.45, 7) is 1.74. The molecule has 0 saturated heterocycles. The summed E-state index contributed by atoms with van der Waals surface area (Å²) in [5.41, 5.74) is -0.335. The molecule has 1 fully saturated rings. The first-order chi connectivity index (χ1) is 10.1. The van der Waals surface area contributed by atoms with E-state index >= 15 is 0 Å². The van der Waals surface area contributed by atoms with Gasteiger partial charge in [0.15, 0.2) is 5.72 Å². The molecule has 1 atom stereocenters. The maximum Gasteiger partial charge on any atom is 0.267 e. The standard InChI is InChI=1S/C16H18BrNO3/c1-11(17)14(19)18-15(20)12-7-3-4-8-13(12)21-16(18)9-5-2-6-10-16/h3-4,7-8,11H,2,5-6,9-10H2,1H3/t11-/m1/s1. The number of hydrogen-bond donors (Lipinski definition) is 0. The Bertz CT molecular complexity index is 579. The Morgan fingerprint density at radius 2 is 1.95 bits per heavy atom. The topological polar surface area (TPSA) is 46.6 Å². The number of ether oxygens (including phenoxy) is 1. The molecule has 2 amide bonds. The Hall–Kier alpha value is -1.36. The third-order valence-electron chi connectivity index (χ3n) is 4.22.